The zero-order valence-electron chi connectivity index (χ0n) is 27.2. The molecule has 2 aromatic heterocycles. The minimum atomic E-state index is -5.01. The first-order chi connectivity index (χ1) is 22.4. The van der Waals surface area contributed by atoms with E-state index in [0.717, 1.165) is 38.8 Å². The zero-order valence-corrected chi connectivity index (χ0v) is 27.2. The number of aromatic nitrogens is 3. The average Bonchev–Trinajstić information content (AvgIpc) is 3.93. The summed E-state index contributed by atoms with van der Waals surface area (Å²) in [5, 5.41) is 21.3. The van der Waals surface area contributed by atoms with E-state index >= 15 is 0 Å². The number of nitrogens with zero attached hydrogens (tertiary/aromatic N) is 6. The van der Waals surface area contributed by atoms with Gasteiger partial charge in [-0.3, -0.25) is 0 Å². The van der Waals surface area contributed by atoms with E-state index in [1.54, 1.807) is 6.92 Å². The summed E-state index contributed by atoms with van der Waals surface area (Å²) >= 11 is 0. The Labute approximate surface area is 275 Å². The van der Waals surface area contributed by atoms with E-state index in [-0.39, 0.29) is 35.4 Å². The van der Waals surface area contributed by atoms with Crippen LogP contribution in [0.3, 0.4) is 0 Å². The first-order valence-corrected chi connectivity index (χ1v) is 15.8. The van der Waals surface area contributed by atoms with Crippen LogP contribution in [0, 0.1) is 28.6 Å². The molecule has 5 rings (SSSR count). The number of hydrogen-bond acceptors (Lipinski definition) is 8. The topological polar surface area (TPSA) is 105 Å². The largest absolute Gasteiger partial charge is 0.416 e. The SMILES string of the molecule is CC(=N)c1cc(CN(Cc2cc(C(F)(F)F)cc(C(F)(F)F)c2)c2ncc(C#N)cn2)c(N(CC2CC2)CC2CC2)nc1NC(C)(C)C. The average molecular weight is 673 g/mol. The molecule has 2 N–H and O–H groups in total. The fourth-order valence-corrected chi connectivity index (χ4v) is 5.42. The van der Waals surface area contributed by atoms with Gasteiger partial charge in [0.1, 0.15) is 17.7 Å². The summed E-state index contributed by atoms with van der Waals surface area (Å²) in [6, 6.07) is 5.22. The third kappa shape index (κ3) is 9.14. The van der Waals surface area contributed by atoms with E-state index in [2.05, 4.69) is 20.2 Å². The van der Waals surface area contributed by atoms with E-state index in [1.807, 2.05) is 32.9 Å². The Morgan fingerprint density at radius 3 is 1.85 bits per heavy atom. The van der Waals surface area contributed by atoms with Gasteiger partial charge in [0.2, 0.25) is 5.95 Å². The quantitative estimate of drug-likeness (QED) is 0.148. The summed E-state index contributed by atoms with van der Waals surface area (Å²) in [5.74, 6) is 2.13. The molecule has 14 heteroatoms. The van der Waals surface area contributed by atoms with Gasteiger partial charge in [-0.1, -0.05) is 0 Å². The molecule has 3 aromatic rings. The highest BCUT2D eigenvalue weighted by Gasteiger charge is 2.37. The molecule has 0 radical (unpaired) electrons. The van der Waals surface area contributed by atoms with Crippen molar-refractivity contribution in [3.8, 4) is 6.07 Å². The van der Waals surface area contributed by atoms with Crippen LogP contribution in [0.25, 0.3) is 0 Å². The predicted molar refractivity (Wildman–Crippen MR) is 171 cm³/mol. The van der Waals surface area contributed by atoms with Gasteiger partial charge in [0.25, 0.3) is 0 Å². The zero-order chi connectivity index (χ0) is 35.0. The lowest BCUT2D eigenvalue weighted by Crippen LogP contribution is -2.34. The third-order valence-electron chi connectivity index (χ3n) is 8.06. The molecule has 48 heavy (non-hydrogen) atoms. The molecule has 2 aliphatic rings. The molecule has 2 aliphatic carbocycles. The van der Waals surface area contributed by atoms with Crippen LogP contribution in [0.2, 0.25) is 0 Å². The minimum absolute atomic E-state index is 0.00637. The maximum atomic E-state index is 13.8. The van der Waals surface area contributed by atoms with Gasteiger partial charge in [-0.15, -0.1) is 0 Å². The predicted octanol–water partition coefficient (Wildman–Crippen LogP) is 8.21. The summed E-state index contributed by atoms with van der Waals surface area (Å²) in [6.07, 6.45) is -3.18. The smallest absolute Gasteiger partial charge is 0.365 e. The number of hydrogen-bond donors (Lipinski definition) is 2. The maximum Gasteiger partial charge on any atom is 0.416 e. The van der Waals surface area contributed by atoms with Crippen molar-refractivity contribution in [3.05, 3.63) is 70.0 Å². The van der Waals surface area contributed by atoms with Crippen molar-refractivity contribution < 1.29 is 26.3 Å². The molecule has 256 valence electrons. The van der Waals surface area contributed by atoms with E-state index in [1.165, 1.54) is 17.3 Å². The van der Waals surface area contributed by atoms with Gasteiger partial charge in [-0.05, 0) is 95.0 Å². The second kappa shape index (κ2) is 13.2. The Bertz CT molecular complexity index is 1630. The van der Waals surface area contributed by atoms with Gasteiger partial charge in [-0.25, -0.2) is 15.0 Å². The summed E-state index contributed by atoms with van der Waals surface area (Å²) in [6.45, 7) is 8.61. The molecule has 0 amide bonds. The lowest BCUT2D eigenvalue weighted by molar-refractivity contribution is -0.143. The molecule has 0 saturated heterocycles. The third-order valence-corrected chi connectivity index (χ3v) is 8.06. The summed E-state index contributed by atoms with van der Waals surface area (Å²) in [4.78, 5) is 17.3. The number of nitrogens with one attached hydrogen (secondary N) is 2. The summed E-state index contributed by atoms with van der Waals surface area (Å²) < 4.78 is 82.7. The molecule has 2 saturated carbocycles. The van der Waals surface area contributed by atoms with E-state index in [0.29, 0.717) is 46.7 Å². The van der Waals surface area contributed by atoms with Crippen LogP contribution in [0.4, 0.5) is 43.9 Å². The molecule has 0 unspecified atom stereocenters. The first kappa shape index (κ1) is 34.9. The van der Waals surface area contributed by atoms with Gasteiger partial charge in [-0.2, -0.15) is 31.6 Å². The van der Waals surface area contributed by atoms with Crippen LogP contribution in [-0.2, 0) is 25.4 Å². The highest BCUT2D eigenvalue weighted by atomic mass is 19.4. The molecule has 2 heterocycles. The molecule has 8 nitrogen and oxygen atoms in total. The second-order valence-electron chi connectivity index (χ2n) is 13.8. The van der Waals surface area contributed by atoms with Crippen LogP contribution in [0.15, 0.2) is 36.7 Å². The van der Waals surface area contributed by atoms with Gasteiger partial charge in [0, 0.05) is 48.6 Å². The molecular weight excluding hydrogens is 634 g/mol. The first-order valence-electron chi connectivity index (χ1n) is 15.8. The van der Waals surface area contributed by atoms with Gasteiger partial charge in [0.05, 0.1) is 29.1 Å². The standard InChI is InChI=1S/C34H38F6N8/c1-20(42)28-11-25(30(45-29(28)46-32(2,3)4)47(16-21-5-6-21)17-22-7-8-22)19-48(31-43-14-24(13-41)15-44-31)18-23-9-26(33(35,36)37)12-27(10-23)34(38,39)40/h9-12,14-15,21-22,42H,5-8,16-19H2,1-4H3,(H,45,46). The Hall–Kier alpha value is -4.41. The fraction of sp³-hybridized carbons (Fsp3) is 0.500. The Kier molecular flexibility index (Phi) is 9.63. The van der Waals surface area contributed by atoms with Crippen molar-refractivity contribution >= 4 is 23.3 Å². The molecular formula is C34H38F6N8. The van der Waals surface area contributed by atoms with E-state index < -0.39 is 35.6 Å². The van der Waals surface area contributed by atoms with Crippen LogP contribution >= 0.6 is 0 Å². The van der Waals surface area contributed by atoms with Crippen LogP contribution < -0.4 is 15.1 Å². The maximum absolute atomic E-state index is 13.8. The number of alkyl halides is 6. The summed E-state index contributed by atoms with van der Waals surface area (Å²) in [7, 11) is 0. The highest BCUT2D eigenvalue weighted by Crippen LogP contribution is 2.39. The monoisotopic (exact) mass is 672 g/mol. The van der Waals surface area contributed by atoms with Crippen molar-refractivity contribution in [2.45, 2.75) is 84.4 Å². The Morgan fingerprint density at radius 1 is 0.875 bits per heavy atom. The number of benzene rings is 1. The lowest BCUT2D eigenvalue weighted by atomic mass is 10.0. The number of anilines is 3. The number of halogens is 6. The Morgan fingerprint density at radius 2 is 1.42 bits per heavy atom. The molecule has 1 aromatic carbocycles. The molecule has 0 bridgehead atoms. The molecule has 0 spiro atoms. The van der Waals surface area contributed by atoms with Crippen molar-refractivity contribution in [1.82, 2.24) is 15.0 Å². The number of pyridine rings is 1. The molecule has 0 atom stereocenters. The van der Waals surface area contributed by atoms with Crippen LogP contribution in [-0.4, -0.2) is 39.3 Å². The lowest BCUT2D eigenvalue weighted by Gasteiger charge is -2.31. The molecule has 0 aliphatic heterocycles. The highest BCUT2D eigenvalue weighted by molar-refractivity contribution is 6.01. The van der Waals surface area contributed by atoms with Gasteiger partial charge in [0.15, 0.2) is 0 Å². The van der Waals surface area contributed by atoms with Crippen molar-refractivity contribution in [1.29, 1.82) is 10.7 Å². The normalized spacial score (nSPS) is 15.2. The van der Waals surface area contributed by atoms with Crippen LogP contribution in [0.1, 0.15) is 86.8 Å². The fourth-order valence-electron chi connectivity index (χ4n) is 5.42. The number of rotatable bonds is 12. The Balaban J connectivity index is 1.65. The molecule has 2 fully saturated rings. The summed E-state index contributed by atoms with van der Waals surface area (Å²) in [5.41, 5.74) is -1.98. The van der Waals surface area contributed by atoms with E-state index in [4.69, 9.17) is 10.4 Å². The van der Waals surface area contributed by atoms with E-state index in [9.17, 15) is 31.6 Å². The minimum Gasteiger partial charge on any atom is -0.365 e. The second-order valence-corrected chi connectivity index (χ2v) is 13.8. The van der Waals surface area contributed by atoms with Gasteiger partial charge < -0.3 is 20.5 Å². The van der Waals surface area contributed by atoms with Crippen LogP contribution in [0.5, 0.6) is 0 Å². The van der Waals surface area contributed by atoms with Crippen molar-refractivity contribution in [2.24, 2.45) is 11.8 Å². The number of nitriles is 1. The van der Waals surface area contributed by atoms with Crippen molar-refractivity contribution in [2.75, 3.05) is 28.2 Å². The van der Waals surface area contributed by atoms with Gasteiger partial charge >= 0.3 is 12.4 Å². The van der Waals surface area contributed by atoms with Crippen molar-refractivity contribution in [3.63, 3.8) is 0 Å².